The van der Waals surface area contributed by atoms with Crippen molar-refractivity contribution in [2.24, 2.45) is 0 Å². The van der Waals surface area contributed by atoms with Gasteiger partial charge in [0, 0.05) is 4.47 Å². The first-order valence-corrected chi connectivity index (χ1v) is 6.75. The molecule has 4 heteroatoms. The summed E-state index contributed by atoms with van der Waals surface area (Å²) in [5.41, 5.74) is 2.45. The molecular formula is C11H11Br3O. The average molecular weight is 399 g/mol. The van der Waals surface area contributed by atoms with Gasteiger partial charge in [0.15, 0.2) is 0 Å². The second-order valence-corrected chi connectivity index (χ2v) is 6.68. The summed E-state index contributed by atoms with van der Waals surface area (Å²) < 4.78 is 7.30. The van der Waals surface area contributed by atoms with E-state index >= 15 is 0 Å². The monoisotopic (exact) mass is 396 g/mol. The molecule has 0 saturated carbocycles. The Hall–Kier alpha value is 0.200. The molecule has 0 fully saturated rings. The van der Waals surface area contributed by atoms with Crippen LogP contribution in [0.2, 0.25) is 0 Å². The van der Waals surface area contributed by atoms with Gasteiger partial charge in [0.2, 0.25) is 0 Å². The molecule has 0 heterocycles. The van der Waals surface area contributed by atoms with Gasteiger partial charge in [-0.25, -0.2) is 0 Å². The maximum Gasteiger partial charge on any atom is 0.119 e. The molecule has 0 radical (unpaired) electrons. The molecule has 0 aliphatic carbocycles. The molecular weight excluding hydrogens is 388 g/mol. The second kappa shape index (κ2) is 6.06. The summed E-state index contributed by atoms with van der Waals surface area (Å²) in [6.07, 6.45) is 0.879. The first-order chi connectivity index (χ1) is 7.04. The largest absolute Gasteiger partial charge is 0.497 e. The Labute approximate surface area is 115 Å². The van der Waals surface area contributed by atoms with Crippen LogP contribution < -0.4 is 4.74 Å². The SMILES string of the molecule is COc1ccc(Br)c(CC(C)=C(Br)Br)c1. The number of hydrogen-bond acceptors (Lipinski definition) is 1. The van der Waals surface area contributed by atoms with Gasteiger partial charge >= 0.3 is 0 Å². The van der Waals surface area contributed by atoms with Gasteiger partial charge in [-0.2, -0.15) is 0 Å². The highest BCUT2D eigenvalue weighted by atomic mass is 79.9. The van der Waals surface area contributed by atoms with Crippen LogP contribution in [0.15, 0.2) is 31.6 Å². The van der Waals surface area contributed by atoms with Crippen LogP contribution in [0, 0.1) is 0 Å². The highest BCUT2D eigenvalue weighted by molar-refractivity contribution is 9.28. The lowest BCUT2D eigenvalue weighted by atomic mass is 10.1. The first kappa shape index (κ1) is 13.3. The van der Waals surface area contributed by atoms with Crippen molar-refractivity contribution in [2.45, 2.75) is 13.3 Å². The van der Waals surface area contributed by atoms with Gasteiger partial charge in [0.05, 0.1) is 10.5 Å². The Morgan fingerprint density at radius 2 is 2.00 bits per heavy atom. The van der Waals surface area contributed by atoms with Crippen molar-refractivity contribution in [1.82, 2.24) is 0 Å². The van der Waals surface area contributed by atoms with Crippen molar-refractivity contribution in [3.63, 3.8) is 0 Å². The van der Waals surface area contributed by atoms with E-state index in [1.807, 2.05) is 18.2 Å². The molecule has 0 atom stereocenters. The molecule has 0 unspecified atom stereocenters. The fourth-order valence-electron chi connectivity index (χ4n) is 1.17. The van der Waals surface area contributed by atoms with Gasteiger partial charge in [0.1, 0.15) is 5.75 Å². The Bertz CT molecular complexity index is 381. The molecule has 0 N–H and O–H groups in total. The number of hydrogen-bond donors (Lipinski definition) is 0. The molecule has 0 saturated heterocycles. The lowest BCUT2D eigenvalue weighted by Gasteiger charge is -2.08. The van der Waals surface area contributed by atoms with Gasteiger partial charge in [-0.3, -0.25) is 0 Å². The van der Waals surface area contributed by atoms with E-state index in [1.165, 1.54) is 11.1 Å². The molecule has 82 valence electrons. The van der Waals surface area contributed by atoms with Crippen LogP contribution in [0.3, 0.4) is 0 Å². The lowest BCUT2D eigenvalue weighted by Crippen LogP contribution is -1.91. The molecule has 1 rings (SSSR count). The normalized spacial score (nSPS) is 9.93. The lowest BCUT2D eigenvalue weighted by molar-refractivity contribution is 0.414. The summed E-state index contributed by atoms with van der Waals surface area (Å²) >= 11 is 10.3. The number of rotatable bonds is 3. The second-order valence-electron chi connectivity index (χ2n) is 3.17. The first-order valence-electron chi connectivity index (χ1n) is 4.37. The van der Waals surface area contributed by atoms with E-state index in [4.69, 9.17) is 4.74 Å². The molecule has 0 amide bonds. The zero-order chi connectivity index (χ0) is 11.4. The minimum Gasteiger partial charge on any atom is -0.497 e. The fraction of sp³-hybridized carbons (Fsp3) is 0.273. The van der Waals surface area contributed by atoms with Crippen LogP contribution in [0.1, 0.15) is 12.5 Å². The maximum absolute atomic E-state index is 5.19. The van der Waals surface area contributed by atoms with E-state index in [2.05, 4.69) is 54.7 Å². The Morgan fingerprint density at radius 1 is 1.33 bits per heavy atom. The third kappa shape index (κ3) is 3.93. The molecule has 0 aromatic heterocycles. The molecule has 0 aliphatic heterocycles. The van der Waals surface area contributed by atoms with Crippen molar-refractivity contribution in [1.29, 1.82) is 0 Å². The van der Waals surface area contributed by atoms with Crippen molar-refractivity contribution in [3.8, 4) is 5.75 Å². The molecule has 0 spiro atoms. The van der Waals surface area contributed by atoms with E-state index in [0.29, 0.717) is 0 Å². The number of methoxy groups -OCH3 is 1. The topological polar surface area (TPSA) is 9.23 Å². The molecule has 1 aromatic carbocycles. The minimum absolute atomic E-state index is 0.879. The fourth-order valence-corrected chi connectivity index (χ4v) is 1.83. The predicted octanol–water partition coefficient (Wildman–Crippen LogP) is 5.02. The van der Waals surface area contributed by atoms with Crippen LogP contribution in [-0.2, 0) is 6.42 Å². The quantitative estimate of drug-likeness (QED) is 0.694. The molecule has 1 aromatic rings. The molecule has 0 aliphatic rings. The zero-order valence-electron chi connectivity index (χ0n) is 8.48. The van der Waals surface area contributed by atoms with Crippen molar-refractivity contribution < 1.29 is 4.74 Å². The van der Waals surface area contributed by atoms with Crippen molar-refractivity contribution >= 4 is 47.8 Å². The summed E-state index contributed by atoms with van der Waals surface area (Å²) in [6, 6.07) is 5.98. The van der Waals surface area contributed by atoms with Gasteiger partial charge in [-0.1, -0.05) is 15.9 Å². The minimum atomic E-state index is 0.879. The predicted molar refractivity (Wildman–Crippen MR) is 75.0 cm³/mol. The van der Waals surface area contributed by atoms with E-state index in [-0.39, 0.29) is 0 Å². The summed E-state index contributed by atoms with van der Waals surface area (Å²) in [6.45, 7) is 2.07. The van der Waals surface area contributed by atoms with E-state index < -0.39 is 0 Å². The molecule has 0 bridgehead atoms. The summed E-state index contributed by atoms with van der Waals surface area (Å²) in [4.78, 5) is 0. The van der Waals surface area contributed by atoms with Gasteiger partial charge in [-0.15, -0.1) is 0 Å². The smallest absolute Gasteiger partial charge is 0.119 e. The van der Waals surface area contributed by atoms with Crippen LogP contribution in [-0.4, -0.2) is 7.11 Å². The van der Waals surface area contributed by atoms with Crippen LogP contribution in [0.25, 0.3) is 0 Å². The number of ether oxygens (including phenoxy) is 1. The van der Waals surface area contributed by atoms with E-state index in [1.54, 1.807) is 7.11 Å². The average Bonchev–Trinajstić information content (AvgIpc) is 2.21. The van der Waals surface area contributed by atoms with Crippen molar-refractivity contribution in [2.75, 3.05) is 7.11 Å². The summed E-state index contributed by atoms with van der Waals surface area (Å²) in [7, 11) is 1.68. The molecule has 15 heavy (non-hydrogen) atoms. The summed E-state index contributed by atoms with van der Waals surface area (Å²) in [5, 5.41) is 0. The number of halogens is 3. The highest BCUT2D eigenvalue weighted by Crippen LogP contribution is 2.28. The number of benzene rings is 1. The highest BCUT2D eigenvalue weighted by Gasteiger charge is 2.04. The van der Waals surface area contributed by atoms with Crippen LogP contribution in [0.4, 0.5) is 0 Å². The Balaban J connectivity index is 2.98. The van der Waals surface area contributed by atoms with Crippen molar-refractivity contribution in [3.05, 3.63) is 37.2 Å². The van der Waals surface area contributed by atoms with Gasteiger partial charge in [0.25, 0.3) is 0 Å². The maximum atomic E-state index is 5.19. The third-order valence-electron chi connectivity index (χ3n) is 2.03. The zero-order valence-corrected chi connectivity index (χ0v) is 13.2. The van der Waals surface area contributed by atoms with Gasteiger partial charge < -0.3 is 4.74 Å². The van der Waals surface area contributed by atoms with Crippen LogP contribution in [0.5, 0.6) is 5.75 Å². The third-order valence-corrected chi connectivity index (χ3v) is 4.16. The number of allylic oxidation sites excluding steroid dienone is 1. The Morgan fingerprint density at radius 3 is 2.53 bits per heavy atom. The Kier molecular flexibility index (Phi) is 5.36. The molecule has 1 nitrogen and oxygen atoms in total. The van der Waals surface area contributed by atoms with E-state index in [9.17, 15) is 0 Å². The standard InChI is InChI=1S/C11H11Br3O/c1-7(11(13)14)5-8-6-9(15-2)3-4-10(8)12/h3-4,6H,5H2,1-2H3. The summed E-state index contributed by atoms with van der Waals surface area (Å²) in [5.74, 6) is 0.881. The van der Waals surface area contributed by atoms with Gasteiger partial charge in [-0.05, 0) is 74.5 Å². The van der Waals surface area contributed by atoms with E-state index in [0.717, 1.165) is 20.0 Å². The van der Waals surface area contributed by atoms with Crippen LogP contribution >= 0.6 is 47.8 Å².